The summed E-state index contributed by atoms with van der Waals surface area (Å²) in [6, 6.07) is 0. The van der Waals surface area contributed by atoms with Crippen molar-refractivity contribution in [1.29, 1.82) is 0 Å². The van der Waals surface area contributed by atoms with Gasteiger partial charge in [0, 0.05) is 0 Å². The fourth-order valence-corrected chi connectivity index (χ4v) is 3.27. The summed E-state index contributed by atoms with van der Waals surface area (Å²) in [5.74, 6) is 0. The van der Waals surface area contributed by atoms with Crippen molar-refractivity contribution in [3.8, 4) is 0 Å². The molecule has 0 aliphatic rings. The zero-order chi connectivity index (χ0) is 16.7. The third kappa shape index (κ3) is 18.2. The van der Waals surface area contributed by atoms with Gasteiger partial charge in [0.1, 0.15) is 0 Å². The molecule has 0 rings (SSSR count). The molecule has 0 heterocycles. The summed E-state index contributed by atoms with van der Waals surface area (Å²) in [6.07, 6.45) is 16.9. The van der Waals surface area contributed by atoms with Crippen LogP contribution in [0.2, 0.25) is 0 Å². The van der Waals surface area contributed by atoms with Gasteiger partial charge in [-0.1, -0.05) is 90.4 Å². The van der Waals surface area contributed by atoms with Crippen molar-refractivity contribution in [2.75, 3.05) is 0 Å². The fraction of sp³-hybridized carbons (Fsp3) is 1.00. The van der Waals surface area contributed by atoms with Gasteiger partial charge in [0.2, 0.25) is 0 Å². The van der Waals surface area contributed by atoms with Crippen LogP contribution in [0, 0.1) is 0 Å². The molecule has 0 N–H and O–H groups in total. The molecule has 0 spiro atoms. The number of phosphoric ester groups is 1. The van der Waals surface area contributed by atoms with E-state index in [0.29, 0.717) is 6.42 Å². The van der Waals surface area contributed by atoms with Crippen LogP contribution < -0.4 is 9.79 Å². The van der Waals surface area contributed by atoms with E-state index in [0.717, 1.165) is 12.8 Å². The lowest BCUT2D eigenvalue weighted by molar-refractivity contribution is -0.344. The van der Waals surface area contributed by atoms with Gasteiger partial charge < -0.3 is 18.9 Å². The van der Waals surface area contributed by atoms with Gasteiger partial charge in [-0.2, -0.15) is 0 Å². The maximum absolute atomic E-state index is 10.4. The maximum atomic E-state index is 10.4. The van der Waals surface area contributed by atoms with Crippen LogP contribution in [0.25, 0.3) is 0 Å². The molecule has 0 aromatic rings. The number of phosphoric acid groups is 1. The Morgan fingerprint density at radius 2 is 1.14 bits per heavy atom. The second-order valence-corrected chi connectivity index (χ2v) is 7.50. The topological polar surface area (TPSA) is 72.4 Å². The van der Waals surface area contributed by atoms with E-state index in [2.05, 4.69) is 11.4 Å². The van der Waals surface area contributed by atoms with E-state index in [1.165, 1.54) is 70.6 Å². The molecule has 1 unspecified atom stereocenters. The summed E-state index contributed by atoms with van der Waals surface area (Å²) in [6.45, 7) is 3.89. The number of hydrogen-bond acceptors (Lipinski definition) is 4. The van der Waals surface area contributed by atoms with Crippen molar-refractivity contribution in [2.24, 2.45) is 0 Å². The van der Waals surface area contributed by atoms with E-state index < -0.39 is 13.9 Å². The van der Waals surface area contributed by atoms with Crippen LogP contribution in [0.3, 0.4) is 0 Å². The van der Waals surface area contributed by atoms with Gasteiger partial charge in [-0.15, -0.1) is 0 Å². The SMILES string of the molecule is CCCCCCCCCCCCCCCC(C)OP(=O)([O-])[O-]. The highest BCUT2D eigenvalue weighted by atomic mass is 31.2. The van der Waals surface area contributed by atoms with Crippen molar-refractivity contribution in [1.82, 2.24) is 0 Å². The minimum Gasteiger partial charge on any atom is -0.790 e. The molecule has 134 valence electrons. The molecule has 0 amide bonds. The second kappa shape index (κ2) is 14.7. The Kier molecular flexibility index (Phi) is 14.8. The molecule has 0 aliphatic carbocycles. The largest absolute Gasteiger partial charge is 0.790 e. The van der Waals surface area contributed by atoms with E-state index >= 15 is 0 Å². The van der Waals surface area contributed by atoms with E-state index in [1.807, 2.05) is 0 Å². The summed E-state index contributed by atoms with van der Waals surface area (Å²) in [5, 5.41) is 0. The highest BCUT2D eigenvalue weighted by Crippen LogP contribution is 2.28. The maximum Gasteiger partial charge on any atom is 0.0600 e. The lowest BCUT2D eigenvalue weighted by Crippen LogP contribution is -2.21. The predicted molar refractivity (Wildman–Crippen MR) is 88.5 cm³/mol. The van der Waals surface area contributed by atoms with Crippen LogP contribution in [-0.2, 0) is 9.09 Å². The average Bonchev–Trinajstić information content (AvgIpc) is 2.42. The Labute approximate surface area is 137 Å². The second-order valence-electron chi connectivity index (χ2n) is 6.39. The van der Waals surface area contributed by atoms with Gasteiger partial charge in [0.25, 0.3) is 0 Å². The Morgan fingerprint density at radius 3 is 1.50 bits per heavy atom. The van der Waals surface area contributed by atoms with E-state index in [-0.39, 0.29) is 0 Å². The first-order chi connectivity index (χ1) is 10.5. The molecule has 0 aliphatic heterocycles. The lowest BCUT2D eigenvalue weighted by atomic mass is 10.0. The minimum atomic E-state index is -4.81. The van der Waals surface area contributed by atoms with Gasteiger partial charge >= 0.3 is 0 Å². The Hall–Kier alpha value is 0.110. The number of rotatable bonds is 16. The third-order valence-electron chi connectivity index (χ3n) is 4.02. The zero-order valence-corrected chi connectivity index (χ0v) is 15.5. The summed E-state index contributed by atoms with van der Waals surface area (Å²) >= 11 is 0. The van der Waals surface area contributed by atoms with Gasteiger partial charge in [-0.05, 0) is 13.3 Å². The molecular formula is C17H35O4P-2. The van der Waals surface area contributed by atoms with Gasteiger partial charge in [0.05, 0.1) is 13.9 Å². The van der Waals surface area contributed by atoms with Crippen molar-refractivity contribution < 1.29 is 18.9 Å². The first-order valence-electron chi connectivity index (χ1n) is 9.16. The highest BCUT2D eigenvalue weighted by Gasteiger charge is 2.03. The molecule has 0 saturated heterocycles. The van der Waals surface area contributed by atoms with E-state index in [1.54, 1.807) is 6.92 Å². The fourth-order valence-electron chi connectivity index (χ4n) is 2.72. The molecule has 0 fully saturated rings. The highest BCUT2D eigenvalue weighted by molar-refractivity contribution is 7.43. The summed E-state index contributed by atoms with van der Waals surface area (Å²) in [5.41, 5.74) is 0. The molecule has 5 heteroatoms. The van der Waals surface area contributed by atoms with Crippen LogP contribution >= 0.6 is 7.82 Å². The molecule has 1 atom stereocenters. The van der Waals surface area contributed by atoms with Crippen LogP contribution in [-0.4, -0.2) is 6.10 Å². The Balaban J connectivity index is 3.16. The summed E-state index contributed by atoms with van der Waals surface area (Å²) in [4.78, 5) is 20.9. The standard InChI is InChI=1S/C17H37O4P/c1-3-4-5-6-7-8-9-10-11-12-13-14-15-16-17(2)21-22(18,19)20/h17H,3-16H2,1-2H3,(H2,18,19,20)/p-2. The Bertz CT molecular complexity index is 278. The average molecular weight is 334 g/mol. The first kappa shape index (κ1) is 22.1. The van der Waals surface area contributed by atoms with Crippen LogP contribution in [0.4, 0.5) is 0 Å². The predicted octanol–water partition coefficient (Wildman–Crippen LogP) is 4.70. The van der Waals surface area contributed by atoms with Crippen LogP contribution in [0.5, 0.6) is 0 Å². The van der Waals surface area contributed by atoms with Gasteiger partial charge in [0.15, 0.2) is 0 Å². The normalized spacial score (nSPS) is 13.5. The van der Waals surface area contributed by atoms with Crippen molar-refractivity contribution >= 4 is 7.82 Å². The molecule has 4 nitrogen and oxygen atoms in total. The zero-order valence-electron chi connectivity index (χ0n) is 14.6. The molecule has 0 bridgehead atoms. The Morgan fingerprint density at radius 1 is 0.773 bits per heavy atom. The first-order valence-corrected chi connectivity index (χ1v) is 10.6. The van der Waals surface area contributed by atoms with Crippen molar-refractivity contribution in [3.63, 3.8) is 0 Å². The molecule has 0 aromatic heterocycles. The van der Waals surface area contributed by atoms with E-state index in [4.69, 9.17) is 0 Å². The van der Waals surface area contributed by atoms with Crippen molar-refractivity contribution in [2.45, 2.75) is 110 Å². The van der Waals surface area contributed by atoms with E-state index in [9.17, 15) is 14.4 Å². The van der Waals surface area contributed by atoms with Crippen LogP contribution in [0.15, 0.2) is 0 Å². The smallest absolute Gasteiger partial charge is 0.0600 e. The monoisotopic (exact) mass is 334 g/mol. The molecule has 0 radical (unpaired) electrons. The van der Waals surface area contributed by atoms with Gasteiger partial charge in [-0.25, -0.2) is 0 Å². The third-order valence-corrected chi connectivity index (χ3v) is 4.64. The number of hydrogen-bond donors (Lipinski definition) is 0. The minimum absolute atomic E-state index is 0.478. The van der Waals surface area contributed by atoms with Gasteiger partial charge in [-0.3, -0.25) is 0 Å². The lowest BCUT2D eigenvalue weighted by Gasteiger charge is -2.32. The number of unbranched alkanes of at least 4 members (excludes halogenated alkanes) is 12. The molecular weight excluding hydrogens is 299 g/mol. The van der Waals surface area contributed by atoms with Crippen molar-refractivity contribution in [3.05, 3.63) is 0 Å². The van der Waals surface area contributed by atoms with Crippen LogP contribution in [0.1, 0.15) is 104 Å². The molecule has 0 aromatic carbocycles. The molecule has 0 saturated carbocycles. The summed E-state index contributed by atoms with van der Waals surface area (Å²) < 4.78 is 14.8. The quantitative estimate of drug-likeness (QED) is 0.303. The summed E-state index contributed by atoms with van der Waals surface area (Å²) in [7, 11) is -4.81. The molecule has 22 heavy (non-hydrogen) atoms.